The van der Waals surface area contributed by atoms with E-state index in [4.69, 9.17) is 11.5 Å². The number of aromatic nitrogens is 1. The Labute approximate surface area is 135 Å². The van der Waals surface area contributed by atoms with Crippen molar-refractivity contribution in [2.75, 3.05) is 0 Å². The second-order valence-electron chi connectivity index (χ2n) is 6.36. The molecule has 0 fully saturated rings. The fraction of sp³-hybridized carbons (Fsp3) is 0.263. The van der Waals surface area contributed by atoms with E-state index in [2.05, 4.69) is 26.7 Å². The lowest BCUT2D eigenvalue weighted by Crippen LogP contribution is -2.27. The topological polar surface area (TPSA) is 59.3 Å². The normalized spacial score (nSPS) is 11.0. The standard InChI is InChI=1S/C19H19NO3/c1-5-12-20-16(11-10-15(17(20)21)18(22)23)13-6-8-14(9-7-13)19(2,3)4/h1,6-11H,12H2,2-4H3,(H,22,23). The molecule has 0 saturated heterocycles. The second kappa shape index (κ2) is 6.13. The van der Waals surface area contributed by atoms with Crippen LogP contribution in [0.3, 0.4) is 0 Å². The smallest absolute Gasteiger partial charge is 0.341 e. The number of carbonyl (C=O) groups is 1. The quantitative estimate of drug-likeness (QED) is 0.886. The molecule has 0 amide bonds. The molecule has 0 aliphatic heterocycles. The number of benzene rings is 1. The zero-order chi connectivity index (χ0) is 17.2. The third kappa shape index (κ3) is 3.35. The highest BCUT2D eigenvalue weighted by molar-refractivity contribution is 5.87. The van der Waals surface area contributed by atoms with Crippen molar-refractivity contribution in [1.29, 1.82) is 0 Å². The predicted molar refractivity (Wildman–Crippen MR) is 90.6 cm³/mol. The van der Waals surface area contributed by atoms with Crippen molar-refractivity contribution in [3.63, 3.8) is 0 Å². The van der Waals surface area contributed by atoms with E-state index in [1.54, 1.807) is 6.07 Å². The van der Waals surface area contributed by atoms with Gasteiger partial charge in [0.2, 0.25) is 0 Å². The first-order valence-corrected chi connectivity index (χ1v) is 7.27. The van der Waals surface area contributed by atoms with E-state index in [0.717, 1.165) is 5.56 Å². The number of terminal acetylenes is 1. The fourth-order valence-electron chi connectivity index (χ4n) is 2.38. The summed E-state index contributed by atoms with van der Waals surface area (Å²) in [5.41, 5.74) is 1.77. The number of rotatable bonds is 3. The summed E-state index contributed by atoms with van der Waals surface area (Å²) in [6, 6.07) is 10.8. The lowest BCUT2D eigenvalue weighted by atomic mass is 9.86. The van der Waals surface area contributed by atoms with Crippen LogP contribution in [0.15, 0.2) is 41.2 Å². The third-order valence-corrected chi connectivity index (χ3v) is 3.70. The van der Waals surface area contributed by atoms with E-state index in [1.807, 2.05) is 24.3 Å². The van der Waals surface area contributed by atoms with Gasteiger partial charge in [-0.05, 0) is 28.7 Å². The highest BCUT2D eigenvalue weighted by atomic mass is 16.4. The Balaban J connectivity index is 2.60. The number of nitrogens with zero attached hydrogens (tertiary/aromatic N) is 1. The van der Waals surface area contributed by atoms with E-state index in [0.29, 0.717) is 5.69 Å². The molecule has 0 unspecified atom stereocenters. The summed E-state index contributed by atoms with van der Waals surface area (Å²) in [7, 11) is 0. The van der Waals surface area contributed by atoms with Crippen LogP contribution >= 0.6 is 0 Å². The number of hydrogen-bond donors (Lipinski definition) is 1. The van der Waals surface area contributed by atoms with Crippen LogP contribution < -0.4 is 5.56 Å². The fourth-order valence-corrected chi connectivity index (χ4v) is 2.38. The number of pyridine rings is 1. The monoisotopic (exact) mass is 309 g/mol. The molecule has 1 aromatic carbocycles. The summed E-state index contributed by atoms with van der Waals surface area (Å²) >= 11 is 0. The molecule has 23 heavy (non-hydrogen) atoms. The molecule has 0 aliphatic rings. The molecule has 0 aliphatic carbocycles. The molecular weight excluding hydrogens is 290 g/mol. The van der Waals surface area contributed by atoms with Gasteiger partial charge in [0.1, 0.15) is 5.56 Å². The summed E-state index contributed by atoms with van der Waals surface area (Å²) in [6.45, 7) is 6.39. The Hall–Kier alpha value is -2.80. The maximum atomic E-state index is 12.3. The van der Waals surface area contributed by atoms with Gasteiger partial charge < -0.3 is 5.11 Å². The summed E-state index contributed by atoms with van der Waals surface area (Å²) < 4.78 is 1.32. The van der Waals surface area contributed by atoms with Crippen LogP contribution in [0.4, 0.5) is 0 Å². The largest absolute Gasteiger partial charge is 0.477 e. The minimum Gasteiger partial charge on any atom is -0.477 e. The van der Waals surface area contributed by atoms with Crippen molar-refractivity contribution in [1.82, 2.24) is 4.57 Å². The molecule has 0 bridgehead atoms. The van der Waals surface area contributed by atoms with Gasteiger partial charge in [-0.25, -0.2) is 4.79 Å². The first kappa shape index (κ1) is 16.6. The minimum atomic E-state index is -1.25. The zero-order valence-corrected chi connectivity index (χ0v) is 13.5. The molecule has 4 nitrogen and oxygen atoms in total. The molecule has 2 rings (SSSR count). The van der Waals surface area contributed by atoms with Crippen molar-refractivity contribution < 1.29 is 9.90 Å². The molecule has 2 aromatic rings. The van der Waals surface area contributed by atoms with E-state index < -0.39 is 11.5 Å². The minimum absolute atomic E-state index is 0.0241. The van der Waals surface area contributed by atoms with Gasteiger partial charge in [0.15, 0.2) is 0 Å². The molecule has 1 N–H and O–H groups in total. The van der Waals surface area contributed by atoms with E-state index in [9.17, 15) is 9.59 Å². The Morgan fingerprint density at radius 3 is 2.26 bits per heavy atom. The summed E-state index contributed by atoms with van der Waals surface area (Å²) in [5, 5.41) is 9.08. The number of hydrogen-bond acceptors (Lipinski definition) is 2. The molecule has 1 heterocycles. The van der Waals surface area contributed by atoms with Crippen molar-refractivity contribution in [3.05, 3.63) is 57.9 Å². The van der Waals surface area contributed by atoms with Crippen molar-refractivity contribution in [3.8, 4) is 23.6 Å². The summed E-state index contributed by atoms with van der Waals surface area (Å²) in [5.74, 6) is 1.15. The van der Waals surface area contributed by atoms with Gasteiger partial charge in [0, 0.05) is 0 Å². The Morgan fingerprint density at radius 2 is 1.78 bits per heavy atom. The maximum Gasteiger partial charge on any atom is 0.341 e. The van der Waals surface area contributed by atoms with Crippen molar-refractivity contribution in [2.45, 2.75) is 32.7 Å². The first-order chi connectivity index (χ1) is 10.8. The van der Waals surface area contributed by atoms with E-state index >= 15 is 0 Å². The second-order valence-corrected chi connectivity index (χ2v) is 6.36. The summed E-state index contributed by atoms with van der Waals surface area (Å²) in [4.78, 5) is 23.4. The van der Waals surface area contributed by atoms with Crippen LogP contribution in [0.5, 0.6) is 0 Å². The number of carboxylic acid groups (broad SMARTS) is 1. The molecule has 1 aromatic heterocycles. The van der Waals surface area contributed by atoms with Gasteiger partial charge in [-0.15, -0.1) is 6.42 Å². The molecule has 118 valence electrons. The highest BCUT2D eigenvalue weighted by Gasteiger charge is 2.16. The van der Waals surface area contributed by atoms with Gasteiger partial charge in [-0.2, -0.15) is 0 Å². The third-order valence-electron chi connectivity index (χ3n) is 3.70. The Kier molecular flexibility index (Phi) is 4.42. The van der Waals surface area contributed by atoms with Crippen molar-refractivity contribution in [2.24, 2.45) is 0 Å². The van der Waals surface area contributed by atoms with Crippen LogP contribution in [0, 0.1) is 12.3 Å². The predicted octanol–water partition coefficient (Wildman–Crippen LogP) is 3.14. The highest BCUT2D eigenvalue weighted by Crippen LogP contribution is 2.25. The van der Waals surface area contributed by atoms with Gasteiger partial charge >= 0.3 is 5.97 Å². The maximum absolute atomic E-state index is 12.3. The van der Waals surface area contributed by atoms with E-state index in [-0.39, 0.29) is 17.5 Å². The van der Waals surface area contributed by atoms with Crippen LogP contribution in [-0.4, -0.2) is 15.6 Å². The van der Waals surface area contributed by atoms with Gasteiger partial charge in [0.25, 0.3) is 5.56 Å². The average molecular weight is 309 g/mol. The van der Waals surface area contributed by atoms with E-state index in [1.165, 1.54) is 16.2 Å². The zero-order valence-electron chi connectivity index (χ0n) is 13.5. The molecule has 0 atom stereocenters. The lowest BCUT2D eigenvalue weighted by Gasteiger charge is -2.19. The molecular formula is C19H19NO3. The SMILES string of the molecule is C#CCn1c(-c2ccc(C(C)(C)C)cc2)ccc(C(=O)O)c1=O. The molecule has 0 spiro atoms. The van der Waals surface area contributed by atoms with Crippen molar-refractivity contribution >= 4 is 5.97 Å². The first-order valence-electron chi connectivity index (χ1n) is 7.27. The molecule has 0 saturated carbocycles. The van der Waals surface area contributed by atoms with Crippen LogP contribution in [-0.2, 0) is 12.0 Å². The van der Waals surface area contributed by atoms with Gasteiger partial charge in [-0.3, -0.25) is 9.36 Å². The van der Waals surface area contributed by atoms with Crippen LogP contribution in [0.2, 0.25) is 0 Å². The lowest BCUT2D eigenvalue weighted by molar-refractivity contribution is 0.0694. The van der Waals surface area contributed by atoms with Gasteiger partial charge in [-0.1, -0.05) is 51.0 Å². The Bertz CT molecular complexity index is 831. The number of carboxylic acids is 1. The Morgan fingerprint density at radius 1 is 1.17 bits per heavy atom. The van der Waals surface area contributed by atoms with Gasteiger partial charge in [0.05, 0.1) is 12.2 Å². The number of aromatic carboxylic acids is 1. The summed E-state index contributed by atoms with van der Waals surface area (Å²) in [6.07, 6.45) is 5.33. The average Bonchev–Trinajstić information content (AvgIpc) is 2.48. The van der Waals surface area contributed by atoms with Crippen LogP contribution in [0.25, 0.3) is 11.3 Å². The van der Waals surface area contributed by atoms with Crippen LogP contribution in [0.1, 0.15) is 36.7 Å². The molecule has 0 radical (unpaired) electrons. The molecule has 4 heteroatoms.